The van der Waals surface area contributed by atoms with Crippen molar-refractivity contribution in [3.8, 4) is 5.75 Å². The molecule has 2 aromatic carbocycles. The zero-order valence-electron chi connectivity index (χ0n) is 17.2. The number of carboxylic acids is 1. The predicted octanol–water partition coefficient (Wildman–Crippen LogP) is 5.03. The average Bonchev–Trinajstić information content (AvgIpc) is 3.50. The number of carboxylic acid groups (broad SMARTS) is 1. The number of carbonyl (C=O) groups is 1. The Bertz CT molecular complexity index is 1050. The molecule has 2 fully saturated rings. The highest BCUT2D eigenvalue weighted by atomic mass is 19.2. The third-order valence-electron chi connectivity index (χ3n) is 6.83. The minimum absolute atomic E-state index is 0.0272. The maximum absolute atomic E-state index is 15.1. The summed E-state index contributed by atoms with van der Waals surface area (Å²) in [4.78, 5) is 12.8. The second kappa shape index (κ2) is 7.46. The number of nitrogens with zero attached hydrogens (tertiary/aromatic N) is 1. The van der Waals surface area contributed by atoms with Gasteiger partial charge in [-0.05, 0) is 48.3 Å². The standard InChI is InChI=1S/C24H24F3NO3/c1-12-6-14(7-12)31-15-8-20(25)23(27)21(9-15)28-5-4-16-13(11-28)2-3-17(22(16)26)18-10-19(18)24(29)30/h2-3,8-9,12,14,18-19H,4-7,10-11H2,1H3,(H,29,30)/t12-,14-,18-,19+/m0/s1. The summed E-state index contributed by atoms with van der Waals surface area (Å²) in [5.41, 5.74) is 1.81. The van der Waals surface area contributed by atoms with Gasteiger partial charge in [0.2, 0.25) is 0 Å². The molecule has 0 bridgehead atoms. The number of rotatable bonds is 5. The molecule has 0 radical (unpaired) electrons. The molecule has 1 aliphatic heterocycles. The molecule has 164 valence electrons. The van der Waals surface area contributed by atoms with Gasteiger partial charge in [0.1, 0.15) is 11.6 Å². The molecule has 2 aromatic rings. The van der Waals surface area contributed by atoms with Crippen molar-refractivity contribution in [3.05, 3.63) is 58.4 Å². The summed E-state index contributed by atoms with van der Waals surface area (Å²) < 4.78 is 49.8. The summed E-state index contributed by atoms with van der Waals surface area (Å²) in [6.45, 7) is 2.71. The van der Waals surface area contributed by atoms with Gasteiger partial charge in [0.05, 0.1) is 17.7 Å². The molecule has 2 atom stereocenters. The van der Waals surface area contributed by atoms with Crippen LogP contribution in [0.25, 0.3) is 0 Å². The fraction of sp³-hybridized carbons (Fsp3) is 0.458. The third kappa shape index (κ3) is 3.64. The van der Waals surface area contributed by atoms with Gasteiger partial charge in [-0.15, -0.1) is 0 Å². The first-order chi connectivity index (χ1) is 14.8. The maximum atomic E-state index is 15.1. The molecule has 31 heavy (non-hydrogen) atoms. The van der Waals surface area contributed by atoms with Gasteiger partial charge in [-0.25, -0.2) is 13.2 Å². The summed E-state index contributed by atoms with van der Waals surface area (Å²) in [5.74, 6) is -3.06. The number of anilines is 1. The lowest BCUT2D eigenvalue weighted by atomic mass is 9.84. The van der Waals surface area contributed by atoms with Gasteiger partial charge in [-0.2, -0.15) is 0 Å². The molecule has 5 rings (SSSR count). The summed E-state index contributed by atoms with van der Waals surface area (Å²) in [5, 5.41) is 9.13. The van der Waals surface area contributed by atoms with E-state index in [0.29, 0.717) is 47.7 Å². The lowest BCUT2D eigenvalue weighted by Gasteiger charge is -2.34. The first-order valence-electron chi connectivity index (χ1n) is 10.8. The zero-order chi connectivity index (χ0) is 21.9. The van der Waals surface area contributed by atoms with Crippen LogP contribution in [0.15, 0.2) is 24.3 Å². The Labute approximate surface area is 178 Å². The van der Waals surface area contributed by atoms with E-state index >= 15 is 4.39 Å². The van der Waals surface area contributed by atoms with Crippen molar-refractivity contribution < 1.29 is 27.8 Å². The third-order valence-corrected chi connectivity index (χ3v) is 6.83. The average molecular weight is 431 g/mol. The van der Waals surface area contributed by atoms with Gasteiger partial charge in [0.15, 0.2) is 11.6 Å². The van der Waals surface area contributed by atoms with Gasteiger partial charge >= 0.3 is 5.97 Å². The van der Waals surface area contributed by atoms with Crippen LogP contribution in [-0.4, -0.2) is 23.7 Å². The van der Waals surface area contributed by atoms with E-state index in [4.69, 9.17) is 9.84 Å². The zero-order valence-corrected chi connectivity index (χ0v) is 17.2. The first kappa shape index (κ1) is 20.2. The summed E-state index contributed by atoms with van der Waals surface area (Å²) >= 11 is 0. The normalized spacial score (nSPS) is 26.8. The monoisotopic (exact) mass is 431 g/mol. The van der Waals surface area contributed by atoms with Crippen molar-refractivity contribution in [2.24, 2.45) is 11.8 Å². The van der Waals surface area contributed by atoms with E-state index in [1.807, 2.05) is 0 Å². The van der Waals surface area contributed by atoms with Crippen LogP contribution in [0.5, 0.6) is 5.75 Å². The van der Waals surface area contributed by atoms with Crippen molar-refractivity contribution in [2.45, 2.75) is 51.2 Å². The predicted molar refractivity (Wildman–Crippen MR) is 109 cm³/mol. The van der Waals surface area contributed by atoms with E-state index in [1.54, 1.807) is 17.0 Å². The van der Waals surface area contributed by atoms with Crippen LogP contribution < -0.4 is 9.64 Å². The van der Waals surface area contributed by atoms with E-state index < -0.39 is 23.5 Å². The van der Waals surface area contributed by atoms with Gasteiger partial charge in [-0.1, -0.05) is 19.1 Å². The highest BCUT2D eigenvalue weighted by Gasteiger charge is 2.46. The molecule has 3 aliphatic rings. The van der Waals surface area contributed by atoms with E-state index in [0.717, 1.165) is 18.9 Å². The van der Waals surface area contributed by atoms with Gasteiger partial charge in [-0.3, -0.25) is 4.79 Å². The second-order valence-electron chi connectivity index (χ2n) is 9.12. The fourth-order valence-electron chi connectivity index (χ4n) is 4.90. The molecule has 0 spiro atoms. The number of hydrogen-bond donors (Lipinski definition) is 1. The quantitative estimate of drug-likeness (QED) is 0.721. The van der Waals surface area contributed by atoms with E-state index in [9.17, 15) is 13.6 Å². The molecule has 0 unspecified atom stereocenters. The number of ether oxygens (including phenoxy) is 1. The van der Waals surface area contributed by atoms with Crippen LogP contribution in [0, 0.1) is 29.3 Å². The van der Waals surface area contributed by atoms with Crippen LogP contribution in [0.3, 0.4) is 0 Å². The molecule has 1 N–H and O–H groups in total. The maximum Gasteiger partial charge on any atom is 0.307 e. The van der Waals surface area contributed by atoms with Crippen molar-refractivity contribution in [1.29, 1.82) is 0 Å². The molecule has 0 amide bonds. The molecule has 0 aromatic heterocycles. The molecule has 0 saturated heterocycles. The molecule has 2 aliphatic carbocycles. The Morgan fingerprint density at radius 3 is 2.58 bits per heavy atom. The lowest BCUT2D eigenvalue weighted by Crippen LogP contribution is -2.33. The van der Waals surface area contributed by atoms with Crippen molar-refractivity contribution in [2.75, 3.05) is 11.4 Å². The van der Waals surface area contributed by atoms with Crippen LogP contribution >= 0.6 is 0 Å². The summed E-state index contributed by atoms with van der Waals surface area (Å²) in [6.07, 6.45) is 2.62. The minimum Gasteiger partial charge on any atom is -0.490 e. The van der Waals surface area contributed by atoms with Crippen LogP contribution in [0.1, 0.15) is 48.8 Å². The van der Waals surface area contributed by atoms with Crippen LogP contribution in [0.4, 0.5) is 18.9 Å². The van der Waals surface area contributed by atoms with Crippen molar-refractivity contribution in [1.82, 2.24) is 0 Å². The van der Waals surface area contributed by atoms with E-state index in [1.165, 1.54) is 6.07 Å². The Kier molecular flexibility index (Phi) is 4.87. The summed E-state index contributed by atoms with van der Waals surface area (Å²) in [7, 11) is 0. The number of hydrogen-bond acceptors (Lipinski definition) is 3. The largest absolute Gasteiger partial charge is 0.490 e. The molecule has 1 heterocycles. The van der Waals surface area contributed by atoms with E-state index in [2.05, 4.69) is 6.92 Å². The van der Waals surface area contributed by atoms with Crippen molar-refractivity contribution >= 4 is 11.7 Å². The Morgan fingerprint density at radius 1 is 1.13 bits per heavy atom. The molecule has 4 nitrogen and oxygen atoms in total. The highest BCUT2D eigenvalue weighted by Crippen LogP contribution is 2.49. The fourth-order valence-corrected chi connectivity index (χ4v) is 4.90. The van der Waals surface area contributed by atoms with Gasteiger partial charge < -0.3 is 14.7 Å². The second-order valence-corrected chi connectivity index (χ2v) is 9.12. The van der Waals surface area contributed by atoms with Crippen LogP contribution in [-0.2, 0) is 17.8 Å². The van der Waals surface area contributed by atoms with Gasteiger partial charge in [0.25, 0.3) is 0 Å². The Hall–Kier alpha value is -2.70. The summed E-state index contributed by atoms with van der Waals surface area (Å²) in [6, 6.07) is 6.03. The van der Waals surface area contributed by atoms with Crippen molar-refractivity contribution in [3.63, 3.8) is 0 Å². The molecule has 2 saturated carbocycles. The van der Waals surface area contributed by atoms with Crippen LogP contribution in [0.2, 0.25) is 0 Å². The molecular weight excluding hydrogens is 407 g/mol. The Balaban J connectivity index is 1.37. The first-order valence-corrected chi connectivity index (χ1v) is 10.8. The Morgan fingerprint density at radius 2 is 1.90 bits per heavy atom. The van der Waals surface area contributed by atoms with E-state index in [-0.39, 0.29) is 30.1 Å². The topological polar surface area (TPSA) is 49.8 Å². The lowest BCUT2D eigenvalue weighted by molar-refractivity contribution is -0.138. The number of benzene rings is 2. The smallest absolute Gasteiger partial charge is 0.307 e. The molecule has 7 heteroatoms. The van der Waals surface area contributed by atoms with Gasteiger partial charge in [0, 0.05) is 31.1 Å². The number of fused-ring (bicyclic) bond motifs is 1. The number of halogens is 3. The highest BCUT2D eigenvalue weighted by molar-refractivity contribution is 5.75. The molecular formula is C24H24F3NO3. The minimum atomic E-state index is -0.958. The SMILES string of the molecule is C[C@H]1C[C@H](Oc2cc(F)c(F)c(N3CCc4c(ccc([C@@H]5C[C@H]5C(=O)O)c4F)C3)c2)C1. The number of aliphatic carboxylic acids is 1.